The second-order valence-electron chi connectivity index (χ2n) is 5.74. The van der Waals surface area contributed by atoms with Crippen molar-refractivity contribution >= 4 is 11.8 Å². The van der Waals surface area contributed by atoms with Gasteiger partial charge in [0.15, 0.2) is 0 Å². The Morgan fingerprint density at radius 3 is 2.31 bits per heavy atom. The van der Waals surface area contributed by atoms with Crippen LogP contribution in [-0.4, -0.2) is 34.7 Å². The Hall–Kier alpha value is -3.41. The number of hydrogen-bond acceptors (Lipinski definition) is 3. The Morgan fingerprint density at radius 1 is 0.885 bits per heavy atom. The van der Waals surface area contributed by atoms with Crippen molar-refractivity contribution in [2.75, 3.05) is 13.1 Å². The van der Waals surface area contributed by atoms with Crippen molar-refractivity contribution in [3.05, 3.63) is 84.2 Å². The quantitative estimate of drug-likeness (QED) is 0.685. The summed E-state index contributed by atoms with van der Waals surface area (Å²) in [4.78, 5) is 23.7. The van der Waals surface area contributed by atoms with E-state index < -0.39 is 0 Å². The predicted octanol–water partition coefficient (Wildman–Crippen LogP) is 1.96. The van der Waals surface area contributed by atoms with Gasteiger partial charge in [0.2, 0.25) is 5.91 Å². The fraction of sp³-hybridized carbons (Fsp3) is 0.150. The van der Waals surface area contributed by atoms with Crippen molar-refractivity contribution in [2.24, 2.45) is 0 Å². The van der Waals surface area contributed by atoms with Gasteiger partial charge in [0, 0.05) is 24.7 Å². The van der Waals surface area contributed by atoms with Crippen LogP contribution in [-0.2, 0) is 11.2 Å². The van der Waals surface area contributed by atoms with Gasteiger partial charge in [0.05, 0.1) is 17.9 Å². The molecule has 0 aliphatic heterocycles. The number of para-hydroxylation sites is 1. The molecule has 0 aliphatic rings. The van der Waals surface area contributed by atoms with E-state index in [-0.39, 0.29) is 18.4 Å². The van der Waals surface area contributed by atoms with Crippen LogP contribution in [0.4, 0.5) is 0 Å². The number of amides is 2. The zero-order valence-corrected chi connectivity index (χ0v) is 14.3. The maximum Gasteiger partial charge on any atom is 0.251 e. The molecule has 0 bridgehead atoms. The third kappa shape index (κ3) is 4.80. The Morgan fingerprint density at radius 2 is 1.58 bits per heavy atom. The fourth-order valence-electron chi connectivity index (χ4n) is 2.46. The Labute approximate surface area is 151 Å². The molecule has 3 aromatic rings. The number of rotatable bonds is 7. The van der Waals surface area contributed by atoms with Gasteiger partial charge in [-0.25, -0.2) is 4.68 Å². The van der Waals surface area contributed by atoms with Crippen LogP contribution in [0.15, 0.2) is 72.9 Å². The molecular formula is C20H20N4O2. The molecule has 0 aliphatic carbocycles. The van der Waals surface area contributed by atoms with Gasteiger partial charge in [0.25, 0.3) is 5.91 Å². The van der Waals surface area contributed by atoms with Crippen LogP contribution in [0.25, 0.3) is 5.69 Å². The highest BCUT2D eigenvalue weighted by atomic mass is 16.2. The second-order valence-corrected chi connectivity index (χ2v) is 5.74. The standard InChI is InChI=1S/C20H20N4O2/c25-19(15-22-20(26)16-7-3-1-4-8-16)21-13-11-17-12-14-24(23-17)18-9-5-2-6-10-18/h1-10,12,14H,11,13,15H2,(H,21,25)(H,22,26). The normalized spacial score (nSPS) is 10.3. The van der Waals surface area contributed by atoms with Crippen molar-refractivity contribution in [2.45, 2.75) is 6.42 Å². The molecule has 0 saturated heterocycles. The average Bonchev–Trinajstić information content (AvgIpc) is 3.16. The van der Waals surface area contributed by atoms with Gasteiger partial charge in [-0.15, -0.1) is 0 Å². The van der Waals surface area contributed by atoms with E-state index in [1.54, 1.807) is 28.9 Å². The van der Waals surface area contributed by atoms with Crippen molar-refractivity contribution in [3.8, 4) is 5.69 Å². The SMILES string of the molecule is O=C(CNC(=O)c1ccccc1)NCCc1ccn(-c2ccccc2)n1. The average molecular weight is 348 g/mol. The minimum atomic E-state index is -0.262. The van der Waals surface area contributed by atoms with Gasteiger partial charge >= 0.3 is 0 Å². The van der Waals surface area contributed by atoms with Crippen molar-refractivity contribution in [1.82, 2.24) is 20.4 Å². The Bertz CT molecular complexity index is 860. The molecule has 0 spiro atoms. The summed E-state index contributed by atoms with van der Waals surface area (Å²) in [6, 6.07) is 20.6. The van der Waals surface area contributed by atoms with Gasteiger partial charge in [0.1, 0.15) is 0 Å². The summed E-state index contributed by atoms with van der Waals surface area (Å²) in [6.45, 7) is 0.415. The summed E-state index contributed by atoms with van der Waals surface area (Å²) in [7, 11) is 0. The van der Waals surface area contributed by atoms with Crippen molar-refractivity contribution in [3.63, 3.8) is 0 Å². The first-order chi connectivity index (χ1) is 12.7. The van der Waals surface area contributed by atoms with Gasteiger partial charge in [-0.3, -0.25) is 9.59 Å². The lowest BCUT2D eigenvalue weighted by molar-refractivity contribution is -0.120. The summed E-state index contributed by atoms with van der Waals surface area (Å²) >= 11 is 0. The van der Waals surface area contributed by atoms with Crippen molar-refractivity contribution < 1.29 is 9.59 Å². The van der Waals surface area contributed by atoms with Crippen LogP contribution < -0.4 is 10.6 Å². The molecule has 26 heavy (non-hydrogen) atoms. The number of hydrogen-bond donors (Lipinski definition) is 2. The topological polar surface area (TPSA) is 76.0 Å². The van der Waals surface area contributed by atoms with Crippen LogP contribution >= 0.6 is 0 Å². The van der Waals surface area contributed by atoms with Gasteiger partial charge in [-0.05, 0) is 30.3 Å². The molecule has 6 nitrogen and oxygen atoms in total. The van der Waals surface area contributed by atoms with Crippen LogP contribution in [0.1, 0.15) is 16.1 Å². The zero-order chi connectivity index (χ0) is 18.2. The molecule has 132 valence electrons. The van der Waals surface area contributed by atoms with Gasteiger partial charge < -0.3 is 10.6 Å². The largest absolute Gasteiger partial charge is 0.354 e. The van der Waals surface area contributed by atoms with E-state index in [0.29, 0.717) is 18.5 Å². The molecular weight excluding hydrogens is 328 g/mol. The monoisotopic (exact) mass is 348 g/mol. The molecule has 0 saturated carbocycles. The van der Waals surface area contributed by atoms with Crippen molar-refractivity contribution in [1.29, 1.82) is 0 Å². The van der Waals surface area contributed by atoms with E-state index in [1.165, 1.54) is 0 Å². The lowest BCUT2D eigenvalue weighted by Gasteiger charge is -2.06. The number of benzene rings is 2. The van der Waals surface area contributed by atoms with Crippen LogP contribution in [0.2, 0.25) is 0 Å². The molecule has 0 atom stereocenters. The summed E-state index contributed by atoms with van der Waals surface area (Å²) in [5.41, 5.74) is 2.42. The third-order valence-electron chi connectivity index (χ3n) is 3.81. The number of carbonyl (C=O) groups is 2. The highest BCUT2D eigenvalue weighted by Crippen LogP contribution is 2.06. The van der Waals surface area contributed by atoms with Crippen LogP contribution in [0.3, 0.4) is 0 Å². The molecule has 0 radical (unpaired) electrons. The zero-order valence-electron chi connectivity index (χ0n) is 14.3. The molecule has 2 aromatic carbocycles. The lowest BCUT2D eigenvalue weighted by atomic mass is 10.2. The van der Waals surface area contributed by atoms with Gasteiger partial charge in [-0.1, -0.05) is 36.4 Å². The summed E-state index contributed by atoms with van der Waals surface area (Å²) < 4.78 is 1.80. The molecule has 2 amide bonds. The summed E-state index contributed by atoms with van der Waals surface area (Å²) in [5.74, 6) is -0.487. The van der Waals surface area contributed by atoms with E-state index in [4.69, 9.17) is 0 Å². The lowest BCUT2D eigenvalue weighted by Crippen LogP contribution is -2.37. The van der Waals surface area contributed by atoms with Gasteiger partial charge in [-0.2, -0.15) is 5.10 Å². The summed E-state index contributed by atoms with van der Waals surface area (Å²) in [6.07, 6.45) is 2.52. The third-order valence-corrected chi connectivity index (χ3v) is 3.81. The minimum absolute atomic E-state index is 0.0494. The maximum atomic E-state index is 11.9. The van der Waals surface area contributed by atoms with Crippen LogP contribution in [0.5, 0.6) is 0 Å². The Balaban J connectivity index is 1.40. The second kappa shape index (κ2) is 8.62. The number of nitrogens with zero attached hydrogens (tertiary/aromatic N) is 2. The predicted molar refractivity (Wildman–Crippen MR) is 99.1 cm³/mol. The molecule has 1 heterocycles. The molecule has 0 unspecified atom stereocenters. The first kappa shape index (κ1) is 17.4. The minimum Gasteiger partial charge on any atom is -0.354 e. The highest BCUT2D eigenvalue weighted by Gasteiger charge is 2.07. The molecule has 1 aromatic heterocycles. The number of aromatic nitrogens is 2. The maximum absolute atomic E-state index is 11.9. The smallest absolute Gasteiger partial charge is 0.251 e. The van der Waals surface area contributed by atoms with E-state index >= 15 is 0 Å². The first-order valence-corrected chi connectivity index (χ1v) is 8.42. The molecule has 6 heteroatoms. The van der Waals surface area contributed by atoms with E-state index in [0.717, 1.165) is 11.4 Å². The highest BCUT2D eigenvalue weighted by molar-refractivity contribution is 5.96. The Kier molecular flexibility index (Phi) is 5.77. The summed E-state index contributed by atoms with van der Waals surface area (Å²) in [5, 5.41) is 9.87. The number of nitrogens with one attached hydrogen (secondary N) is 2. The number of carbonyl (C=O) groups excluding carboxylic acids is 2. The van der Waals surface area contributed by atoms with Crippen LogP contribution in [0, 0.1) is 0 Å². The fourth-order valence-corrected chi connectivity index (χ4v) is 2.46. The molecule has 2 N–H and O–H groups in total. The molecule has 0 fully saturated rings. The first-order valence-electron chi connectivity index (χ1n) is 8.42. The molecule has 3 rings (SSSR count). The van der Waals surface area contributed by atoms with E-state index in [2.05, 4.69) is 15.7 Å². The van der Waals surface area contributed by atoms with E-state index in [1.807, 2.05) is 48.7 Å². The van der Waals surface area contributed by atoms with E-state index in [9.17, 15) is 9.59 Å².